The van der Waals surface area contributed by atoms with Crippen molar-refractivity contribution in [2.45, 2.75) is 56.9 Å². The third-order valence-electron chi connectivity index (χ3n) is 6.42. The number of hydrogen-bond donors (Lipinski definition) is 1. The van der Waals surface area contributed by atoms with Gasteiger partial charge in [-0.15, -0.1) is 0 Å². The Kier molecular flexibility index (Phi) is 6.20. The number of carbonyl (C=O) groups is 2. The Balaban J connectivity index is 1.67. The summed E-state index contributed by atoms with van der Waals surface area (Å²) in [6.07, 6.45) is 6.86. The molecule has 168 valence electrons. The fourth-order valence-electron chi connectivity index (χ4n) is 4.50. The normalized spacial score (nSPS) is 16.1. The molecule has 0 radical (unpaired) electrons. The highest BCUT2D eigenvalue weighted by atomic mass is 32.2. The first-order valence-electron chi connectivity index (χ1n) is 11.1. The number of ketones is 1. The number of nitrogens with zero attached hydrogens (tertiary/aromatic N) is 1. The van der Waals surface area contributed by atoms with E-state index in [1.807, 2.05) is 13.8 Å². The average molecular weight is 453 g/mol. The summed E-state index contributed by atoms with van der Waals surface area (Å²) in [6.45, 7) is 3.82. The molecule has 0 spiro atoms. The fraction of sp³-hybridized carbons (Fsp3) is 0.360. The summed E-state index contributed by atoms with van der Waals surface area (Å²) in [6, 6.07) is 13.2. The van der Waals surface area contributed by atoms with Crippen molar-refractivity contribution in [3.63, 3.8) is 0 Å². The second-order valence-corrected chi connectivity index (χ2v) is 10.5. The first-order chi connectivity index (χ1) is 15.3. The Morgan fingerprint density at radius 3 is 2.34 bits per heavy atom. The molecular weight excluding hydrogens is 424 g/mol. The molecule has 0 aliphatic heterocycles. The summed E-state index contributed by atoms with van der Waals surface area (Å²) in [7, 11) is -3.93. The van der Waals surface area contributed by atoms with Crippen LogP contribution >= 0.6 is 0 Å². The quantitative estimate of drug-likeness (QED) is 0.442. The number of fused-ring (bicyclic) bond motifs is 1. The van der Waals surface area contributed by atoms with Gasteiger partial charge < -0.3 is 5.32 Å². The minimum atomic E-state index is -3.93. The molecule has 0 saturated heterocycles. The molecule has 1 N–H and O–H groups in total. The molecule has 1 aliphatic rings. The Morgan fingerprint density at radius 2 is 1.66 bits per heavy atom. The predicted molar refractivity (Wildman–Crippen MR) is 124 cm³/mol. The fourth-order valence-corrected chi connectivity index (χ4v) is 5.87. The van der Waals surface area contributed by atoms with Gasteiger partial charge in [0.2, 0.25) is 0 Å². The number of para-hydroxylation sites is 1. The molecule has 1 amide bonds. The lowest BCUT2D eigenvalue weighted by Gasteiger charge is -2.28. The van der Waals surface area contributed by atoms with Crippen molar-refractivity contribution in [3.8, 4) is 0 Å². The van der Waals surface area contributed by atoms with Gasteiger partial charge in [0.25, 0.3) is 21.7 Å². The summed E-state index contributed by atoms with van der Waals surface area (Å²) in [5.41, 5.74) is 1.40. The standard InChI is InChI=1S/C25H28N2O4S/c1-17-12-14-20(15-13-17)32(30,31)27-16-22(21-10-6-7-11-23(21)27)24(28)25(29)26-18(2)19-8-4-3-5-9-19/h6-7,10-16,18-19H,3-5,8-9H2,1-2H3,(H,26,29)/t18-/m1/s1. The third kappa shape index (κ3) is 4.21. The van der Waals surface area contributed by atoms with Crippen LogP contribution in [0.15, 0.2) is 59.6 Å². The van der Waals surface area contributed by atoms with Crippen molar-refractivity contribution in [2.75, 3.05) is 0 Å². The van der Waals surface area contributed by atoms with E-state index in [1.54, 1.807) is 48.5 Å². The lowest BCUT2D eigenvalue weighted by atomic mass is 9.84. The Hall–Kier alpha value is -2.93. The molecule has 6 nitrogen and oxygen atoms in total. The summed E-state index contributed by atoms with van der Waals surface area (Å²) >= 11 is 0. The van der Waals surface area contributed by atoms with Crippen LogP contribution in [0.5, 0.6) is 0 Å². The van der Waals surface area contributed by atoms with Crippen LogP contribution in [0.3, 0.4) is 0 Å². The van der Waals surface area contributed by atoms with Gasteiger partial charge in [-0.1, -0.05) is 55.2 Å². The molecular formula is C25H28N2O4S. The zero-order valence-corrected chi connectivity index (χ0v) is 19.2. The van der Waals surface area contributed by atoms with E-state index in [9.17, 15) is 18.0 Å². The van der Waals surface area contributed by atoms with Crippen LogP contribution in [0.1, 0.15) is 54.9 Å². The monoisotopic (exact) mass is 452 g/mol. The molecule has 1 heterocycles. The van der Waals surface area contributed by atoms with Crippen molar-refractivity contribution < 1.29 is 18.0 Å². The van der Waals surface area contributed by atoms with E-state index in [-0.39, 0.29) is 16.5 Å². The molecule has 0 unspecified atom stereocenters. The zero-order chi connectivity index (χ0) is 22.9. The van der Waals surface area contributed by atoms with Crippen LogP contribution in [-0.2, 0) is 14.8 Å². The molecule has 1 fully saturated rings. The number of Topliss-reactive ketones (excluding diaryl/α,β-unsaturated/α-hetero) is 1. The smallest absolute Gasteiger partial charge is 0.292 e. The third-order valence-corrected chi connectivity index (χ3v) is 8.11. The molecule has 1 aromatic heterocycles. The van der Waals surface area contributed by atoms with E-state index in [0.29, 0.717) is 16.8 Å². The molecule has 3 aromatic rings. The van der Waals surface area contributed by atoms with Gasteiger partial charge in [-0.05, 0) is 50.8 Å². The number of rotatable bonds is 6. The maximum atomic E-state index is 13.3. The van der Waals surface area contributed by atoms with E-state index < -0.39 is 21.7 Å². The number of aryl methyl sites for hydroxylation is 1. The molecule has 1 aliphatic carbocycles. The van der Waals surface area contributed by atoms with Crippen molar-refractivity contribution in [2.24, 2.45) is 5.92 Å². The molecule has 4 rings (SSSR count). The number of hydrogen-bond acceptors (Lipinski definition) is 4. The Morgan fingerprint density at radius 1 is 1.00 bits per heavy atom. The number of benzene rings is 2. The zero-order valence-electron chi connectivity index (χ0n) is 18.4. The van der Waals surface area contributed by atoms with Gasteiger partial charge in [0.05, 0.1) is 16.0 Å². The van der Waals surface area contributed by atoms with Crippen molar-refractivity contribution in [1.82, 2.24) is 9.29 Å². The number of carbonyl (C=O) groups excluding carboxylic acids is 2. The predicted octanol–water partition coefficient (Wildman–Crippen LogP) is 4.45. The molecule has 0 bridgehead atoms. The lowest BCUT2D eigenvalue weighted by molar-refractivity contribution is -0.118. The topological polar surface area (TPSA) is 85.2 Å². The second-order valence-electron chi connectivity index (χ2n) is 8.66. The summed E-state index contributed by atoms with van der Waals surface area (Å²) in [5.74, 6) is -1.05. The van der Waals surface area contributed by atoms with Crippen LogP contribution in [0.25, 0.3) is 10.9 Å². The van der Waals surface area contributed by atoms with Crippen molar-refractivity contribution >= 4 is 32.6 Å². The van der Waals surface area contributed by atoms with Crippen LogP contribution < -0.4 is 5.32 Å². The van der Waals surface area contributed by atoms with Crippen molar-refractivity contribution in [3.05, 3.63) is 65.9 Å². The highest BCUT2D eigenvalue weighted by Crippen LogP contribution is 2.28. The number of nitrogens with one attached hydrogen (secondary N) is 1. The van der Waals surface area contributed by atoms with Gasteiger partial charge in [-0.25, -0.2) is 12.4 Å². The molecule has 1 atom stereocenters. The maximum Gasteiger partial charge on any atom is 0.292 e. The van der Waals surface area contributed by atoms with Crippen LogP contribution in [0.4, 0.5) is 0 Å². The Bertz CT molecular complexity index is 1250. The molecule has 2 aromatic carbocycles. The van der Waals surface area contributed by atoms with Gasteiger partial charge in [0.15, 0.2) is 0 Å². The minimum absolute atomic E-state index is 0.0876. The first kappa shape index (κ1) is 22.3. The van der Waals surface area contributed by atoms with E-state index in [2.05, 4.69) is 5.32 Å². The van der Waals surface area contributed by atoms with E-state index in [4.69, 9.17) is 0 Å². The van der Waals surface area contributed by atoms with Crippen LogP contribution in [0.2, 0.25) is 0 Å². The van der Waals surface area contributed by atoms with Gasteiger partial charge in [0.1, 0.15) is 0 Å². The summed E-state index contributed by atoms with van der Waals surface area (Å²) < 4.78 is 27.7. The molecule has 1 saturated carbocycles. The van der Waals surface area contributed by atoms with Gasteiger partial charge >= 0.3 is 0 Å². The number of aromatic nitrogens is 1. The maximum absolute atomic E-state index is 13.3. The van der Waals surface area contributed by atoms with E-state index in [1.165, 1.54) is 12.6 Å². The van der Waals surface area contributed by atoms with E-state index >= 15 is 0 Å². The molecule has 7 heteroatoms. The lowest BCUT2D eigenvalue weighted by Crippen LogP contribution is -2.42. The van der Waals surface area contributed by atoms with E-state index in [0.717, 1.165) is 35.2 Å². The highest BCUT2D eigenvalue weighted by molar-refractivity contribution is 7.90. The SMILES string of the molecule is Cc1ccc(S(=O)(=O)n2cc(C(=O)C(=O)N[C@H](C)C3CCCCC3)c3ccccc32)cc1. The van der Waals surface area contributed by atoms with Gasteiger partial charge in [0, 0.05) is 17.6 Å². The largest absolute Gasteiger partial charge is 0.346 e. The summed E-state index contributed by atoms with van der Waals surface area (Å²) in [5, 5.41) is 3.29. The molecule has 32 heavy (non-hydrogen) atoms. The number of amides is 1. The first-order valence-corrected chi connectivity index (χ1v) is 12.5. The van der Waals surface area contributed by atoms with Gasteiger partial charge in [-0.3, -0.25) is 9.59 Å². The summed E-state index contributed by atoms with van der Waals surface area (Å²) in [4.78, 5) is 26.0. The Labute approximate surface area is 188 Å². The second kappa shape index (κ2) is 8.90. The highest BCUT2D eigenvalue weighted by Gasteiger charge is 2.29. The van der Waals surface area contributed by atoms with Gasteiger partial charge in [-0.2, -0.15) is 0 Å². The van der Waals surface area contributed by atoms with Crippen LogP contribution in [0, 0.1) is 12.8 Å². The average Bonchev–Trinajstić information content (AvgIpc) is 3.20. The van der Waals surface area contributed by atoms with Crippen molar-refractivity contribution in [1.29, 1.82) is 0 Å². The minimum Gasteiger partial charge on any atom is -0.346 e. The van der Waals surface area contributed by atoms with Crippen LogP contribution in [-0.4, -0.2) is 30.1 Å².